The molecule has 0 saturated carbocycles. The van der Waals surface area contributed by atoms with E-state index in [2.05, 4.69) is 36.5 Å². The summed E-state index contributed by atoms with van der Waals surface area (Å²) in [6, 6.07) is 8.14. The van der Waals surface area contributed by atoms with Crippen molar-refractivity contribution in [2.45, 2.75) is 19.5 Å². The second kappa shape index (κ2) is 6.31. The van der Waals surface area contributed by atoms with Crippen LogP contribution in [-0.4, -0.2) is 35.8 Å². The molecule has 5 heterocycles. The number of hydrogen-bond acceptors (Lipinski definition) is 5. The Kier molecular flexibility index (Phi) is 3.68. The summed E-state index contributed by atoms with van der Waals surface area (Å²) in [5, 5.41) is 0. The van der Waals surface area contributed by atoms with Crippen LogP contribution < -0.4 is 0 Å². The maximum absolute atomic E-state index is 4.69. The number of rotatable bonds is 4. The zero-order valence-corrected chi connectivity index (χ0v) is 14.3. The molecule has 4 aromatic rings. The van der Waals surface area contributed by atoms with Crippen molar-refractivity contribution < 1.29 is 0 Å². The monoisotopic (exact) mass is 342 g/mol. The predicted octanol–water partition coefficient (Wildman–Crippen LogP) is 2.74. The molecule has 0 N–H and O–H groups in total. The average molecular weight is 342 g/mol. The lowest BCUT2D eigenvalue weighted by Gasteiger charge is -2.13. The van der Waals surface area contributed by atoms with E-state index in [0.29, 0.717) is 0 Å². The van der Waals surface area contributed by atoms with Crippen molar-refractivity contribution in [2.75, 3.05) is 6.54 Å². The second-order valence-corrected chi connectivity index (χ2v) is 6.57. The quantitative estimate of drug-likeness (QED) is 0.571. The van der Waals surface area contributed by atoms with E-state index in [4.69, 9.17) is 4.98 Å². The van der Waals surface area contributed by atoms with E-state index >= 15 is 0 Å². The van der Waals surface area contributed by atoms with Gasteiger partial charge in [0.25, 0.3) is 0 Å². The zero-order chi connectivity index (χ0) is 17.3. The molecule has 5 rings (SSSR count). The first-order chi connectivity index (χ1) is 12.9. The molecule has 0 amide bonds. The molecule has 1 aliphatic heterocycles. The van der Waals surface area contributed by atoms with Crippen LogP contribution in [0.15, 0.2) is 61.6 Å². The third-order valence-electron chi connectivity index (χ3n) is 4.87. The Morgan fingerprint density at radius 3 is 2.85 bits per heavy atom. The molecule has 0 atom stereocenters. The van der Waals surface area contributed by atoms with Crippen LogP contribution in [0.4, 0.5) is 0 Å². The lowest BCUT2D eigenvalue weighted by molar-refractivity contribution is 0.286. The third kappa shape index (κ3) is 2.74. The molecule has 4 aromatic heterocycles. The van der Waals surface area contributed by atoms with Gasteiger partial charge in [-0.25, -0.2) is 15.0 Å². The van der Waals surface area contributed by atoms with Gasteiger partial charge in [-0.05, 0) is 29.3 Å². The fourth-order valence-electron chi connectivity index (χ4n) is 3.59. The Morgan fingerprint density at radius 2 is 1.96 bits per heavy atom. The van der Waals surface area contributed by atoms with E-state index in [0.717, 1.165) is 48.7 Å². The Morgan fingerprint density at radius 1 is 1.04 bits per heavy atom. The number of aromatic nitrogens is 5. The summed E-state index contributed by atoms with van der Waals surface area (Å²) in [4.78, 5) is 20.0. The van der Waals surface area contributed by atoms with E-state index < -0.39 is 0 Å². The van der Waals surface area contributed by atoms with Crippen LogP contribution in [0, 0.1) is 0 Å². The summed E-state index contributed by atoms with van der Waals surface area (Å²) in [5.41, 5.74) is 6.80. The molecule has 6 heteroatoms. The largest absolute Gasteiger partial charge is 0.307 e. The van der Waals surface area contributed by atoms with E-state index in [9.17, 15) is 0 Å². The summed E-state index contributed by atoms with van der Waals surface area (Å²) in [6.45, 7) is 2.75. The maximum atomic E-state index is 4.69. The van der Waals surface area contributed by atoms with Crippen LogP contribution in [0.1, 0.15) is 17.0 Å². The van der Waals surface area contributed by atoms with Crippen LogP contribution in [0.25, 0.3) is 16.8 Å². The van der Waals surface area contributed by atoms with Gasteiger partial charge in [0.2, 0.25) is 0 Å². The Bertz CT molecular complexity index is 1020. The summed E-state index contributed by atoms with van der Waals surface area (Å²) < 4.78 is 2.07. The van der Waals surface area contributed by atoms with Gasteiger partial charge in [-0.1, -0.05) is 6.07 Å². The molecule has 0 fully saturated rings. The van der Waals surface area contributed by atoms with Crippen LogP contribution in [0.5, 0.6) is 0 Å². The van der Waals surface area contributed by atoms with Gasteiger partial charge >= 0.3 is 0 Å². The Balaban J connectivity index is 1.33. The number of pyridine rings is 2. The summed E-state index contributed by atoms with van der Waals surface area (Å²) in [7, 11) is 0. The fraction of sp³-hybridized carbons (Fsp3) is 0.200. The molecule has 26 heavy (non-hydrogen) atoms. The van der Waals surface area contributed by atoms with Gasteiger partial charge in [0.05, 0.1) is 11.4 Å². The van der Waals surface area contributed by atoms with Crippen molar-refractivity contribution in [2.24, 2.45) is 0 Å². The predicted molar refractivity (Wildman–Crippen MR) is 98.3 cm³/mol. The molecule has 6 nitrogen and oxygen atoms in total. The molecular weight excluding hydrogens is 324 g/mol. The number of fused-ring (bicyclic) bond motifs is 2. The van der Waals surface area contributed by atoms with Gasteiger partial charge in [-0.3, -0.25) is 9.88 Å². The lowest BCUT2D eigenvalue weighted by Crippen LogP contribution is -2.19. The van der Waals surface area contributed by atoms with Crippen molar-refractivity contribution in [3.63, 3.8) is 0 Å². The normalized spacial score (nSPS) is 14.0. The molecule has 0 unspecified atom stereocenters. The van der Waals surface area contributed by atoms with Crippen LogP contribution >= 0.6 is 0 Å². The molecule has 128 valence electrons. The fourth-order valence-corrected chi connectivity index (χ4v) is 3.59. The molecule has 0 radical (unpaired) electrons. The average Bonchev–Trinajstić information content (AvgIpc) is 3.30. The second-order valence-electron chi connectivity index (χ2n) is 6.57. The summed E-state index contributed by atoms with van der Waals surface area (Å²) >= 11 is 0. The molecule has 0 bridgehead atoms. The van der Waals surface area contributed by atoms with Crippen LogP contribution in [0.2, 0.25) is 0 Å². The first-order valence-corrected chi connectivity index (χ1v) is 8.74. The standard InChI is InChI=1S/C20H18N6/c1-2-7-26-11-16(24-20(26)3-1)5-8-25-12-18-17(4-6-23-19(18)13-25)15-9-21-14-22-10-15/h1-4,6-7,9-11,14H,5,8,12-13H2. The molecule has 1 aliphatic rings. The number of hydrogen-bond donors (Lipinski definition) is 0. The third-order valence-corrected chi connectivity index (χ3v) is 4.87. The van der Waals surface area contributed by atoms with Crippen molar-refractivity contribution in [1.82, 2.24) is 29.2 Å². The molecule has 0 aliphatic carbocycles. The van der Waals surface area contributed by atoms with Crippen molar-refractivity contribution in [3.8, 4) is 11.1 Å². The van der Waals surface area contributed by atoms with E-state index in [1.54, 1.807) is 6.33 Å². The Labute approximate surface area is 151 Å². The van der Waals surface area contributed by atoms with Gasteiger partial charge in [0, 0.05) is 62.6 Å². The molecule has 0 spiro atoms. The molecule has 0 saturated heterocycles. The topological polar surface area (TPSA) is 59.2 Å². The molecular formula is C20H18N6. The minimum absolute atomic E-state index is 0.879. The van der Waals surface area contributed by atoms with Crippen LogP contribution in [0.3, 0.4) is 0 Å². The van der Waals surface area contributed by atoms with E-state index in [1.807, 2.05) is 43.0 Å². The van der Waals surface area contributed by atoms with Crippen molar-refractivity contribution >= 4 is 5.65 Å². The Hall–Kier alpha value is -3.12. The minimum Gasteiger partial charge on any atom is -0.307 e. The van der Waals surface area contributed by atoms with Gasteiger partial charge in [-0.2, -0.15) is 0 Å². The van der Waals surface area contributed by atoms with E-state index in [1.165, 1.54) is 11.1 Å². The highest BCUT2D eigenvalue weighted by Gasteiger charge is 2.23. The highest BCUT2D eigenvalue weighted by atomic mass is 15.2. The SMILES string of the molecule is c1ccn2cc(CCN3Cc4nccc(-c5cncnc5)c4C3)nc2c1. The van der Waals surface area contributed by atoms with Gasteiger partial charge in [-0.15, -0.1) is 0 Å². The van der Waals surface area contributed by atoms with Gasteiger partial charge in [0.1, 0.15) is 12.0 Å². The summed E-state index contributed by atoms with van der Waals surface area (Å²) in [5.74, 6) is 0. The van der Waals surface area contributed by atoms with Gasteiger partial charge < -0.3 is 4.40 Å². The lowest BCUT2D eigenvalue weighted by atomic mass is 10.0. The first kappa shape index (κ1) is 15.2. The highest BCUT2D eigenvalue weighted by molar-refractivity contribution is 5.66. The molecule has 0 aromatic carbocycles. The van der Waals surface area contributed by atoms with E-state index in [-0.39, 0.29) is 0 Å². The van der Waals surface area contributed by atoms with Crippen molar-refractivity contribution in [3.05, 3.63) is 78.5 Å². The number of nitrogens with zero attached hydrogens (tertiary/aromatic N) is 6. The highest BCUT2D eigenvalue weighted by Crippen LogP contribution is 2.30. The number of imidazole rings is 1. The minimum atomic E-state index is 0.879. The maximum Gasteiger partial charge on any atom is 0.136 e. The smallest absolute Gasteiger partial charge is 0.136 e. The van der Waals surface area contributed by atoms with Gasteiger partial charge in [0.15, 0.2) is 0 Å². The zero-order valence-electron chi connectivity index (χ0n) is 14.3. The summed E-state index contributed by atoms with van der Waals surface area (Å²) in [6.07, 6.45) is 12.3. The van der Waals surface area contributed by atoms with Crippen LogP contribution in [-0.2, 0) is 19.5 Å². The van der Waals surface area contributed by atoms with Crippen molar-refractivity contribution in [1.29, 1.82) is 0 Å². The first-order valence-electron chi connectivity index (χ1n) is 8.74.